The van der Waals surface area contributed by atoms with Gasteiger partial charge in [0.2, 0.25) is 0 Å². The molecule has 0 spiro atoms. The lowest BCUT2D eigenvalue weighted by Crippen LogP contribution is -2.16. The van der Waals surface area contributed by atoms with Crippen LogP contribution in [0.3, 0.4) is 0 Å². The zero-order valence-corrected chi connectivity index (χ0v) is 27.7. The van der Waals surface area contributed by atoms with E-state index in [1.54, 1.807) is 0 Å². The monoisotopic (exact) mass is 635 g/mol. The maximum Gasteiger partial charge on any atom is 0.142 e. The summed E-state index contributed by atoms with van der Waals surface area (Å²) in [4.78, 5) is 4.74. The van der Waals surface area contributed by atoms with E-state index in [-0.39, 0.29) is 5.41 Å². The van der Waals surface area contributed by atoms with Crippen molar-refractivity contribution in [3.8, 4) is 44.9 Å². The van der Waals surface area contributed by atoms with Crippen LogP contribution in [0.1, 0.15) is 25.0 Å². The van der Waals surface area contributed by atoms with Gasteiger partial charge in [-0.2, -0.15) is 0 Å². The Hall–Kier alpha value is -5.51. The van der Waals surface area contributed by atoms with Gasteiger partial charge in [-0.15, -0.1) is 0 Å². The number of hydrogen-bond donors (Lipinski definition) is 0. The first-order valence-electron chi connectivity index (χ1n) is 16.4. The van der Waals surface area contributed by atoms with Crippen LogP contribution < -0.4 is 9.64 Å². The van der Waals surface area contributed by atoms with Gasteiger partial charge in [0, 0.05) is 28.0 Å². The Morgan fingerprint density at radius 1 is 0.479 bits per heavy atom. The highest BCUT2D eigenvalue weighted by atomic mass is 32.2. The summed E-state index contributed by atoms with van der Waals surface area (Å²) >= 11 is 1.82. The summed E-state index contributed by atoms with van der Waals surface area (Å²) in [5.41, 5.74) is 13.3. The molecule has 0 bridgehead atoms. The third kappa shape index (κ3) is 4.73. The fourth-order valence-corrected chi connectivity index (χ4v) is 8.36. The van der Waals surface area contributed by atoms with Crippen LogP contribution in [-0.4, -0.2) is 0 Å². The van der Waals surface area contributed by atoms with Crippen LogP contribution in [-0.2, 0) is 5.41 Å². The van der Waals surface area contributed by atoms with Crippen LogP contribution in [0, 0.1) is 0 Å². The largest absolute Gasteiger partial charge is 0.455 e. The first-order valence-corrected chi connectivity index (χ1v) is 17.2. The summed E-state index contributed by atoms with van der Waals surface area (Å²) in [5.74, 6) is 1.86. The molecule has 0 fully saturated rings. The normalized spacial score (nSPS) is 13.5. The van der Waals surface area contributed by atoms with Gasteiger partial charge in [0.1, 0.15) is 11.5 Å². The van der Waals surface area contributed by atoms with Gasteiger partial charge in [-0.1, -0.05) is 135 Å². The minimum absolute atomic E-state index is 0.173. The van der Waals surface area contributed by atoms with Crippen LogP contribution in [0.5, 0.6) is 11.5 Å². The number of benzene rings is 7. The highest BCUT2D eigenvalue weighted by molar-refractivity contribution is 7.99. The molecule has 0 N–H and O–H groups in total. The Labute approximate surface area is 286 Å². The van der Waals surface area contributed by atoms with Crippen molar-refractivity contribution in [3.05, 3.63) is 175 Å². The molecule has 7 aromatic carbocycles. The quantitative estimate of drug-likeness (QED) is 0.187. The first kappa shape index (κ1) is 28.7. The first-order chi connectivity index (χ1) is 23.5. The molecule has 2 aliphatic rings. The topological polar surface area (TPSA) is 12.5 Å². The Balaban J connectivity index is 1.16. The Morgan fingerprint density at radius 3 is 1.65 bits per heavy atom. The van der Waals surface area contributed by atoms with Gasteiger partial charge >= 0.3 is 0 Å². The molecule has 0 radical (unpaired) electrons. The van der Waals surface area contributed by atoms with Gasteiger partial charge in [-0.25, -0.2) is 0 Å². The van der Waals surface area contributed by atoms with Crippen LogP contribution in [0.2, 0.25) is 0 Å². The molecule has 3 heteroatoms. The standard InChI is InChI=1S/C45H33NOS/c1-45(2)38-27-28-41-44(48-42-16-10-9-15-40(42)47-41)43(38)37-26-25-36(29-39(37)45)46(34-21-17-32(18-22-34)30-11-5-3-6-12-30)35-23-19-33(20-24-35)31-13-7-4-8-14-31/h3-29H,1-2H3. The predicted molar refractivity (Wildman–Crippen MR) is 200 cm³/mol. The molecule has 0 aromatic heterocycles. The van der Waals surface area contributed by atoms with Gasteiger partial charge in [0.15, 0.2) is 0 Å². The zero-order valence-electron chi connectivity index (χ0n) is 26.9. The molecule has 0 saturated carbocycles. The fraction of sp³-hybridized carbons (Fsp3) is 0.0667. The van der Waals surface area contributed by atoms with Crippen molar-refractivity contribution in [2.45, 2.75) is 29.1 Å². The molecule has 0 saturated heterocycles. The molecule has 2 nitrogen and oxygen atoms in total. The van der Waals surface area contributed by atoms with Gasteiger partial charge in [-0.05, 0) is 93.5 Å². The smallest absolute Gasteiger partial charge is 0.142 e. The average Bonchev–Trinajstić information content (AvgIpc) is 3.38. The lowest BCUT2D eigenvalue weighted by Gasteiger charge is -2.28. The number of para-hydroxylation sites is 1. The summed E-state index contributed by atoms with van der Waals surface area (Å²) in [6.07, 6.45) is 0. The van der Waals surface area contributed by atoms with Crippen molar-refractivity contribution < 1.29 is 4.74 Å². The number of anilines is 3. The van der Waals surface area contributed by atoms with E-state index in [9.17, 15) is 0 Å². The lowest BCUT2D eigenvalue weighted by atomic mass is 9.82. The Kier molecular flexibility index (Phi) is 6.77. The van der Waals surface area contributed by atoms with Gasteiger partial charge < -0.3 is 9.64 Å². The van der Waals surface area contributed by atoms with Crippen LogP contribution in [0.15, 0.2) is 174 Å². The van der Waals surface area contributed by atoms with Crippen molar-refractivity contribution in [1.29, 1.82) is 0 Å². The second-order valence-electron chi connectivity index (χ2n) is 13.0. The molecule has 230 valence electrons. The molecule has 1 aliphatic heterocycles. The van der Waals surface area contributed by atoms with Crippen molar-refractivity contribution in [2.75, 3.05) is 4.90 Å². The Bertz CT molecular complexity index is 2210. The van der Waals surface area contributed by atoms with E-state index in [4.69, 9.17) is 4.74 Å². The number of fused-ring (bicyclic) bond motifs is 6. The molecule has 48 heavy (non-hydrogen) atoms. The number of hydrogen-bond acceptors (Lipinski definition) is 3. The van der Waals surface area contributed by atoms with Gasteiger partial charge in [0.05, 0.1) is 9.79 Å². The molecule has 0 amide bonds. The highest BCUT2D eigenvalue weighted by Crippen LogP contribution is 2.59. The molecule has 1 aliphatic carbocycles. The number of rotatable bonds is 5. The van der Waals surface area contributed by atoms with Crippen molar-refractivity contribution in [3.63, 3.8) is 0 Å². The zero-order chi connectivity index (χ0) is 32.2. The molecule has 0 atom stereocenters. The summed E-state index contributed by atoms with van der Waals surface area (Å²) in [7, 11) is 0. The second-order valence-corrected chi connectivity index (χ2v) is 14.0. The van der Waals surface area contributed by atoms with E-state index in [0.717, 1.165) is 33.5 Å². The summed E-state index contributed by atoms with van der Waals surface area (Å²) < 4.78 is 6.42. The second kappa shape index (κ2) is 11.3. The predicted octanol–water partition coefficient (Wildman–Crippen LogP) is 13.1. The molecule has 9 rings (SSSR count). The lowest BCUT2D eigenvalue weighted by molar-refractivity contribution is 0.454. The summed E-state index contributed by atoms with van der Waals surface area (Å²) in [6, 6.07) is 58.8. The summed E-state index contributed by atoms with van der Waals surface area (Å²) in [6.45, 7) is 4.70. The SMILES string of the molecule is CC1(C)c2cc(N(c3ccc(-c4ccccc4)cc3)c3ccc(-c4ccccc4)cc3)ccc2-c2c1ccc1c2Sc2ccccc2O1. The van der Waals surface area contributed by atoms with E-state index < -0.39 is 0 Å². The minimum atomic E-state index is -0.173. The van der Waals surface area contributed by atoms with Crippen LogP contribution in [0.4, 0.5) is 17.1 Å². The molecule has 1 heterocycles. The maximum absolute atomic E-state index is 6.42. The summed E-state index contributed by atoms with van der Waals surface area (Å²) in [5, 5.41) is 0. The highest BCUT2D eigenvalue weighted by Gasteiger charge is 2.39. The molecule has 0 unspecified atom stereocenters. The molecular weight excluding hydrogens is 603 g/mol. The van der Waals surface area contributed by atoms with Crippen LogP contribution >= 0.6 is 11.8 Å². The molecular formula is C45H33NOS. The van der Waals surface area contributed by atoms with E-state index in [1.165, 1.54) is 49.4 Å². The Morgan fingerprint density at radius 2 is 1.02 bits per heavy atom. The fourth-order valence-electron chi connectivity index (χ4n) is 7.25. The molecule has 7 aromatic rings. The van der Waals surface area contributed by atoms with E-state index in [1.807, 2.05) is 17.8 Å². The third-order valence-electron chi connectivity index (χ3n) is 9.75. The number of nitrogens with zero attached hydrogens (tertiary/aromatic N) is 1. The third-order valence-corrected chi connectivity index (χ3v) is 10.9. The van der Waals surface area contributed by atoms with Crippen LogP contribution in [0.25, 0.3) is 33.4 Å². The van der Waals surface area contributed by atoms with Crippen molar-refractivity contribution in [1.82, 2.24) is 0 Å². The maximum atomic E-state index is 6.42. The van der Waals surface area contributed by atoms with E-state index in [0.29, 0.717) is 0 Å². The van der Waals surface area contributed by atoms with Crippen molar-refractivity contribution in [2.24, 2.45) is 0 Å². The minimum Gasteiger partial charge on any atom is -0.455 e. The van der Waals surface area contributed by atoms with E-state index >= 15 is 0 Å². The van der Waals surface area contributed by atoms with Gasteiger partial charge in [0.25, 0.3) is 0 Å². The van der Waals surface area contributed by atoms with E-state index in [2.05, 4.69) is 176 Å². The van der Waals surface area contributed by atoms with Gasteiger partial charge in [-0.3, -0.25) is 0 Å². The van der Waals surface area contributed by atoms with Crippen molar-refractivity contribution >= 4 is 28.8 Å². The number of ether oxygens (including phenoxy) is 1. The average molecular weight is 636 g/mol.